The van der Waals surface area contributed by atoms with Crippen molar-refractivity contribution in [2.45, 2.75) is 12.8 Å². The zero-order valence-electron chi connectivity index (χ0n) is 10.3. The third-order valence-corrected chi connectivity index (χ3v) is 3.46. The van der Waals surface area contributed by atoms with Crippen LogP contribution in [0.2, 0.25) is 0 Å². The summed E-state index contributed by atoms with van der Waals surface area (Å²) in [6.07, 6.45) is 4.07. The number of rotatable bonds is 4. The molecule has 1 saturated heterocycles. The molecule has 0 radical (unpaired) electrons. The van der Waals surface area contributed by atoms with Gasteiger partial charge in [0.1, 0.15) is 5.75 Å². The van der Waals surface area contributed by atoms with Gasteiger partial charge in [-0.1, -0.05) is 12.1 Å². The predicted octanol–water partition coefficient (Wildman–Crippen LogP) is 2.01. The van der Waals surface area contributed by atoms with Gasteiger partial charge in [0.2, 0.25) is 0 Å². The Morgan fingerprint density at radius 1 is 1.33 bits per heavy atom. The van der Waals surface area contributed by atoms with Crippen molar-refractivity contribution in [2.75, 3.05) is 19.7 Å². The van der Waals surface area contributed by atoms with E-state index in [0.29, 0.717) is 0 Å². The summed E-state index contributed by atoms with van der Waals surface area (Å²) in [5.41, 5.74) is 0.887. The molecule has 0 amide bonds. The minimum atomic E-state index is 0.752. The van der Waals surface area contributed by atoms with Gasteiger partial charge in [0, 0.05) is 5.39 Å². The van der Waals surface area contributed by atoms with Crippen LogP contribution in [0.3, 0.4) is 0 Å². The van der Waals surface area contributed by atoms with Crippen LogP contribution in [0.1, 0.15) is 12.8 Å². The number of aromatic nitrogens is 2. The van der Waals surface area contributed by atoms with Crippen molar-refractivity contribution in [1.29, 1.82) is 0 Å². The molecule has 0 saturated carbocycles. The minimum absolute atomic E-state index is 0.752. The molecule has 1 aliphatic heterocycles. The standard InChI is InChI=1S/C14H17N3O/c1-2-4-13-12(3-1)14(10-16-17-13)18-8-6-11-5-7-15-9-11/h1-4,10-11,15H,5-9H2. The van der Waals surface area contributed by atoms with Crippen LogP contribution in [0.4, 0.5) is 0 Å². The Morgan fingerprint density at radius 3 is 3.17 bits per heavy atom. The molecule has 4 heteroatoms. The van der Waals surface area contributed by atoms with E-state index in [1.807, 2.05) is 24.3 Å². The van der Waals surface area contributed by atoms with Crippen LogP contribution in [0.5, 0.6) is 5.75 Å². The Kier molecular flexibility index (Phi) is 3.37. The molecule has 1 aliphatic rings. The molecule has 0 aliphatic carbocycles. The minimum Gasteiger partial charge on any atom is -0.491 e. The SMILES string of the molecule is c1ccc2c(OCCC3CCNC3)cnnc2c1. The summed E-state index contributed by atoms with van der Waals surface area (Å²) in [5, 5.41) is 12.5. The molecule has 1 fully saturated rings. The van der Waals surface area contributed by atoms with E-state index in [4.69, 9.17) is 4.74 Å². The van der Waals surface area contributed by atoms with Crippen LogP contribution in [0, 0.1) is 5.92 Å². The lowest BCUT2D eigenvalue weighted by molar-refractivity contribution is 0.285. The Morgan fingerprint density at radius 2 is 2.28 bits per heavy atom. The molecular formula is C14H17N3O. The van der Waals surface area contributed by atoms with Crippen molar-refractivity contribution in [2.24, 2.45) is 5.92 Å². The van der Waals surface area contributed by atoms with Gasteiger partial charge in [0.15, 0.2) is 0 Å². The summed E-state index contributed by atoms with van der Waals surface area (Å²) in [5.74, 6) is 1.60. The van der Waals surface area contributed by atoms with Crippen molar-refractivity contribution in [3.63, 3.8) is 0 Å². The highest BCUT2D eigenvalue weighted by molar-refractivity contribution is 5.83. The summed E-state index contributed by atoms with van der Waals surface area (Å²) in [6.45, 7) is 3.02. The number of nitrogens with one attached hydrogen (secondary N) is 1. The second-order valence-corrected chi connectivity index (χ2v) is 4.72. The van der Waals surface area contributed by atoms with Crippen molar-refractivity contribution >= 4 is 10.9 Å². The monoisotopic (exact) mass is 243 g/mol. The molecule has 4 nitrogen and oxygen atoms in total. The summed E-state index contributed by atoms with van der Waals surface area (Å²) in [6, 6.07) is 7.94. The Bertz CT molecular complexity index is 518. The van der Waals surface area contributed by atoms with Crippen molar-refractivity contribution in [1.82, 2.24) is 15.5 Å². The second kappa shape index (κ2) is 5.31. The average molecular weight is 243 g/mol. The maximum atomic E-state index is 5.85. The number of benzene rings is 1. The molecule has 1 aromatic carbocycles. The van der Waals surface area contributed by atoms with Crippen LogP contribution >= 0.6 is 0 Å². The average Bonchev–Trinajstić information content (AvgIpc) is 2.92. The predicted molar refractivity (Wildman–Crippen MR) is 70.6 cm³/mol. The fourth-order valence-corrected chi connectivity index (χ4v) is 2.39. The van der Waals surface area contributed by atoms with Crippen molar-refractivity contribution < 1.29 is 4.74 Å². The topological polar surface area (TPSA) is 47.0 Å². The van der Waals surface area contributed by atoms with Crippen LogP contribution in [0.15, 0.2) is 30.5 Å². The molecule has 1 aromatic heterocycles. The molecule has 0 spiro atoms. The molecule has 1 atom stereocenters. The zero-order chi connectivity index (χ0) is 12.2. The van der Waals surface area contributed by atoms with E-state index in [2.05, 4.69) is 15.5 Å². The van der Waals surface area contributed by atoms with Gasteiger partial charge in [-0.3, -0.25) is 0 Å². The van der Waals surface area contributed by atoms with Gasteiger partial charge in [0.25, 0.3) is 0 Å². The van der Waals surface area contributed by atoms with Gasteiger partial charge in [-0.2, -0.15) is 10.2 Å². The molecule has 1 N–H and O–H groups in total. The largest absolute Gasteiger partial charge is 0.491 e. The second-order valence-electron chi connectivity index (χ2n) is 4.72. The first kappa shape index (κ1) is 11.4. The maximum absolute atomic E-state index is 5.85. The van der Waals surface area contributed by atoms with Crippen LogP contribution in [0.25, 0.3) is 10.9 Å². The quantitative estimate of drug-likeness (QED) is 0.892. The van der Waals surface area contributed by atoms with Gasteiger partial charge in [0.05, 0.1) is 18.3 Å². The molecule has 2 heterocycles. The normalized spacial score (nSPS) is 19.2. The van der Waals surface area contributed by atoms with Crippen molar-refractivity contribution in [3.8, 4) is 5.75 Å². The van der Waals surface area contributed by atoms with Crippen LogP contribution in [-0.2, 0) is 0 Å². The highest BCUT2D eigenvalue weighted by Gasteiger charge is 2.14. The number of hydrogen-bond acceptors (Lipinski definition) is 4. The third-order valence-electron chi connectivity index (χ3n) is 3.46. The fraction of sp³-hybridized carbons (Fsp3) is 0.429. The lowest BCUT2D eigenvalue weighted by Crippen LogP contribution is -2.11. The Hall–Kier alpha value is -1.68. The third kappa shape index (κ3) is 2.43. The van der Waals surface area contributed by atoms with Gasteiger partial charge < -0.3 is 10.1 Å². The van der Waals surface area contributed by atoms with E-state index in [-0.39, 0.29) is 0 Å². The number of fused-ring (bicyclic) bond motifs is 1. The van der Waals surface area contributed by atoms with E-state index in [1.165, 1.54) is 6.42 Å². The lowest BCUT2D eigenvalue weighted by Gasteiger charge is -2.11. The van der Waals surface area contributed by atoms with Gasteiger partial charge in [-0.25, -0.2) is 0 Å². The van der Waals surface area contributed by atoms with Crippen LogP contribution in [-0.4, -0.2) is 29.9 Å². The first-order chi connectivity index (χ1) is 8.93. The Labute approximate surface area is 106 Å². The first-order valence-corrected chi connectivity index (χ1v) is 6.47. The van der Waals surface area contributed by atoms with Crippen LogP contribution < -0.4 is 10.1 Å². The highest BCUT2D eigenvalue weighted by atomic mass is 16.5. The van der Waals surface area contributed by atoms with E-state index in [1.54, 1.807) is 6.20 Å². The van der Waals surface area contributed by atoms with E-state index in [9.17, 15) is 0 Å². The van der Waals surface area contributed by atoms with E-state index in [0.717, 1.165) is 48.7 Å². The van der Waals surface area contributed by atoms with Crippen molar-refractivity contribution in [3.05, 3.63) is 30.5 Å². The molecule has 2 aromatic rings. The lowest BCUT2D eigenvalue weighted by atomic mass is 10.1. The fourth-order valence-electron chi connectivity index (χ4n) is 2.39. The number of nitrogens with zero attached hydrogens (tertiary/aromatic N) is 2. The van der Waals surface area contributed by atoms with E-state index >= 15 is 0 Å². The van der Waals surface area contributed by atoms with Gasteiger partial charge in [-0.05, 0) is 44.0 Å². The number of ether oxygens (including phenoxy) is 1. The molecule has 3 rings (SSSR count). The zero-order valence-corrected chi connectivity index (χ0v) is 10.3. The Balaban J connectivity index is 1.66. The highest BCUT2D eigenvalue weighted by Crippen LogP contribution is 2.23. The first-order valence-electron chi connectivity index (χ1n) is 6.47. The number of hydrogen-bond donors (Lipinski definition) is 1. The maximum Gasteiger partial charge on any atom is 0.148 e. The van der Waals surface area contributed by atoms with E-state index < -0.39 is 0 Å². The molecule has 94 valence electrons. The summed E-state index contributed by atoms with van der Waals surface area (Å²) >= 11 is 0. The smallest absolute Gasteiger partial charge is 0.148 e. The molecule has 18 heavy (non-hydrogen) atoms. The van der Waals surface area contributed by atoms with Gasteiger partial charge >= 0.3 is 0 Å². The van der Waals surface area contributed by atoms with Gasteiger partial charge in [-0.15, -0.1) is 0 Å². The molecule has 0 bridgehead atoms. The summed E-state index contributed by atoms with van der Waals surface area (Å²) in [4.78, 5) is 0. The molecule has 1 unspecified atom stereocenters. The summed E-state index contributed by atoms with van der Waals surface area (Å²) in [7, 11) is 0. The summed E-state index contributed by atoms with van der Waals surface area (Å²) < 4.78 is 5.85. The molecular weight excluding hydrogens is 226 g/mol.